The van der Waals surface area contributed by atoms with E-state index < -0.39 is 0 Å². The molecule has 1 aromatic carbocycles. The number of nitrogens with one attached hydrogen (secondary N) is 1. The van der Waals surface area contributed by atoms with Gasteiger partial charge in [-0.15, -0.1) is 0 Å². The van der Waals surface area contributed by atoms with E-state index in [2.05, 4.69) is 24.4 Å². The average molecular weight is 192 g/mol. The first-order chi connectivity index (χ1) is 6.83. The second-order valence-electron chi connectivity index (χ2n) is 3.78. The van der Waals surface area contributed by atoms with Gasteiger partial charge in [0.2, 0.25) is 0 Å². The van der Waals surface area contributed by atoms with Gasteiger partial charge in [0, 0.05) is 12.2 Å². The number of benzene rings is 1. The molecule has 2 nitrogen and oxygen atoms in total. The van der Waals surface area contributed by atoms with Gasteiger partial charge in [-0.3, -0.25) is 0 Å². The van der Waals surface area contributed by atoms with Gasteiger partial charge in [0.15, 0.2) is 0 Å². The van der Waals surface area contributed by atoms with Crippen LogP contribution in [0, 0.1) is 5.92 Å². The van der Waals surface area contributed by atoms with Crippen LogP contribution in [-0.2, 0) is 0 Å². The number of hydrogen-bond acceptors (Lipinski definition) is 2. The maximum Gasteiger partial charge on any atom is 0.0340 e. The molecule has 0 aliphatic rings. The molecule has 1 aromatic rings. The van der Waals surface area contributed by atoms with Crippen LogP contribution >= 0.6 is 0 Å². The highest BCUT2D eigenvalue weighted by atomic mass is 14.9. The third kappa shape index (κ3) is 4.28. The highest BCUT2D eigenvalue weighted by molar-refractivity contribution is 5.42. The highest BCUT2D eigenvalue weighted by Crippen LogP contribution is 2.07. The van der Waals surface area contributed by atoms with Crippen molar-refractivity contribution in [3.63, 3.8) is 0 Å². The first-order valence-electron chi connectivity index (χ1n) is 5.32. The molecule has 2 heteroatoms. The third-order valence-electron chi connectivity index (χ3n) is 2.38. The number of hydrogen-bond donors (Lipinski definition) is 2. The summed E-state index contributed by atoms with van der Waals surface area (Å²) in [5.41, 5.74) is 6.75. The molecule has 0 amide bonds. The zero-order valence-corrected chi connectivity index (χ0v) is 8.87. The zero-order chi connectivity index (χ0) is 10.2. The van der Waals surface area contributed by atoms with Gasteiger partial charge >= 0.3 is 0 Å². The predicted octanol–water partition coefficient (Wildman–Crippen LogP) is 2.47. The fourth-order valence-electron chi connectivity index (χ4n) is 1.36. The summed E-state index contributed by atoms with van der Waals surface area (Å²) in [6.07, 6.45) is 2.39. The molecule has 0 spiro atoms. The van der Waals surface area contributed by atoms with E-state index in [4.69, 9.17) is 5.73 Å². The second kappa shape index (κ2) is 6.44. The van der Waals surface area contributed by atoms with Crippen LogP contribution in [0.5, 0.6) is 0 Å². The van der Waals surface area contributed by atoms with Crippen LogP contribution < -0.4 is 11.1 Å². The summed E-state index contributed by atoms with van der Waals surface area (Å²) in [5.74, 6) is 0.646. The fraction of sp³-hybridized carbons (Fsp3) is 0.500. The molecule has 1 rings (SSSR count). The van der Waals surface area contributed by atoms with Gasteiger partial charge in [0.1, 0.15) is 0 Å². The summed E-state index contributed by atoms with van der Waals surface area (Å²) in [5, 5.41) is 3.38. The maximum absolute atomic E-state index is 5.54. The van der Waals surface area contributed by atoms with Gasteiger partial charge in [-0.05, 0) is 37.4 Å². The molecular weight excluding hydrogens is 172 g/mol. The standard InChI is InChI=1S/C12H20N2/c1-11(10-13)6-5-9-14-12-7-3-2-4-8-12/h2-4,7-8,11,14H,5-6,9-10,13H2,1H3. The molecule has 3 N–H and O–H groups in total. The first-order valence-corrected chi connectivity index (χ1v) is 5.32. The Morgan fingerprint density at radius 1 is 1.29 bits per heavy atom. The van der Waals surface area contributed by atoms with Gasteiger partial charge in [0.05, 0.1) is 0 Å². The van der Waals surface area contributed by atoms with Crippen LogP contribution in [0.15, 0.2) is 30.3 Å². The molecule has 0 saturated heterocycles. The molecule has 0 heterocycles. The topological polar surface area (TPSA) is 38.0 Å². The molecule has 0 bridgehead atoms. The van der Waals surface area contributed by atoms with Crippen LogP contribution in [0.2, 0.25) is 0 Å². The van der Waals surface area contributed by atoms with E-state index in [1.807, 2.05) is 18.2 Å². The summed E-state index contributed by atoms with van der Waals surface area (Å²) >= 11 is 0. The van der Waals surface area contributed by atoms with Crippen LogP contribution in [0.4, 0.5) is 5.69 Å². The van der Waals surface area contributed by atoms with Crippen molar-refractivity contribution in [2.45, 2.75) is 19.8 Å². The third-order valence-corrected chi connectivity index (χ3v) is 2.38. The van der Waals surface area contributed by atoms with Gasteiger partial charge in [0.25, 0.3) is 0 Å². The average Bonchev–Trinajstić information content (AvgIpc) is 2.25. The number of rotatable bonds is 6. The van der Waals surface area contributed by atoms with E-state index in [-0.39, 0.29) is 0 Å². The minimum absolute atomic E-state index is 0.646. The summed E-state index contributed by atoms with van der Waals surface area (Å²) in [4.78, 5) is 0. The molecule has 0 radical (unpaired) electrons. The second-order valence-corrected chi connectivity index (χ2v) is 3.78. The van der Waals surface area contributed by atoms with Gasteiger partial charge < -0.3 is 11.1 Å². The quantitative estimate of drug-likeness (QED) is 0.679. The van der Waals surface area contributed by atoms with E-state index in [9.17, 15) is 0 Å². The molecule has 0 aromatic heterocycles. The van der Waals surface area contributed by atoms with Crippen molar-refractivity contribution in [1.82, 2.24) is 0 Å². The van der Waals surface area contributed by atoms with Crippen LogP contribution in [0.3, 0.4) is 0 Å². The molecule has 14 heavy (non-hydrogen) atoms. The largest absolute Gasteiger partial charge is 0.385 e. The summed E-state index contributed by atoms with van der Waals surface area (Å²) < 4.78 is 0. The van der Waals surface area contributed by atoms with E-state index in [0.29, 0.717) is 5.92 Å². The Balaban J connectivity index is 2.10. The Hall–Kier alpha value is -1.02. The molecule has 78 valence electrons. The number of nitrogens with two attached hydrogens (primary N) is 1. The normalized spacial score (nSPS) is 12.4. The SMILES string of the molecule is CC(CN)CCCNc1ccccc1. The Labute approximate surface area is 86.5 Å². The van der Waals surface area contributed by atoms with Crippen molar-refractivity contribution in [3.8, 4) is 0 Å². The molecule has 0 fully saturated rings. The minimum Gasteiger partial charge on any atom is -0.385 e. The van der Waals surface area contributed by atoms with Gasteiger partial charge in [-0.25, -0.2) is 0 Å². The van der Waals surface area contributed by atoms with Crippen molar-refractivity contribution in [1.29, 1.82) is 0 Å². The predicted molar refractivity (Wildman–Crippen MR) is 62.4 cm³/mol. The van der Waals surface area contributed by atoms with Crippen LogP contribution in [0.25, 0.3) is 0 Å². The first kappa shape index (κ1) is 11.1. The lowest BCUT2D eigenvalue weighted by Crippen LogP contribution is -2.12. The molecule has 1 atom stereocenters. The Kier molecular flexibility index (Phi) is 5.08. The fourth-order valence-corrected chi connectivity index (χ4v) is 1.36. The summed E-state index contributed by atoms with van der Waals surface area (Å²) in [6.45, 7) is 4.03. The van der Waals surface area contributed by atoms with Crippen molar-refractivity contribution < 1.29 is 0 Å². The molecule has 0 aliphatic carbocycles. The molecule has 0 aliphatic heterocycles. The maximum atomic E-state index is 5.54. The lowest BCUT2D eigenvalue weighted by Gasteiger charge is -2.09. The zero-order valence-electron chi connectivity index (χ0n) is 8.87. The van der Waals surface area contributed by atoms with E-state index in [1.165, 1.54) is 18.5 Å². The van der Waals surface area contributed by atoms with E-state index >= 15 is 0 Å². The number of anilines is 1. The van der Waals surface area contributed by atoms with Crippen molar-refractivity contribution in [2.75, 3.05) is 18.4 Å². The van der Waals surface area contributed by atoms with E-state index in [1.54, 1.807) is 0 Å². The Morgan fingerprint density at radius 3 is 2.64 bits per heavy atom. The van der Waals surface area contributed by atoms with Gasteiger partial charge in [-0.1, -0.05) is 25.1 Å². The summed E-state index contributed by atoms with van der Waals surface area (Å²) in [6, 6.07) is 10.3. The lowest BCUT2D eigenvalue weighted by molar-refractivity contribution is 0.529. The molecule has 0 saturated carbocycles. The Bertz CT molecular complexity index is 233. The van der Waals surface area contributed by atoms with Gasteiger partial charge in [-0.2, -0.15) is 0 Å². The monoisotopic (exact) mass is 192 g/mol. The van der Waals surface area contributed by atoms with E-state index in [0.717, 1.165) is 13.1 Å². The van der Waals surface area contributed by atoms with Crippen molar-refractivity contribution >= 4 is 5.69 Å². The van der Waals surface area contributed by atoms with Crippen LogP contribution in [-0.4, -0.2) is 13.1 Å². The summed E-state index contributed by atoms with van der Waals surface area (Å²) in [7, 11) is 0. The Morgan fingerprint density at radius 2 is 2.00 bits per heavy atom. The van der Waals surface area contributed by atoms with Crippen LogP contribution in [0.1, 0.15) is 19.8 Å². The molecular formula is C12H20N2. The highest BCUT2D eigenvalue weighted by Gasteiger charge is 1.97. The van der Waals surface area contributed by atoms with Crippen molar-refractivity contribution in [3.05, 3.63) is 30.3 Å². The lowest BCUT2D eigenvalue weighted by atomic mass is 10.1. The minimum atomic E-state index is 0.646. The molecule has 1 unspecified atom stereocenters. The smallest absolute Gasteiger partial charge is 0.0340 e. The van der Waals surface area contributed by atoms with Crippen molar-refractivity contribution in [2.24, 2.45) is 11.7 Å². The number of para-hydroxylation sites is 1.